The predicted octanol–water partition coefficient (Wildman–Crippen LogP) is 3.03. The molecular formula is C18H22N2O4S. The predicted molar refractivity (Wildman–Crippen MR) is 97.5 cm³/mol. The van der Waals surface area contributed by atoms with E-state index in [0.717, 1.165) is 6.42 Å². The van der Waals surface area contributed by atoms with Crippen LogP contribution >= 0.6 is 0 Å². The number of amides is 1. The minimum absolute atomic E-state index is 0.0533. The van der Waals surface area contributed by atoms with Gasteiger partial charge in [-0.15, -0.1) is 0 Å². The highest BCUT2D eigenvalue weighted by molar-refractivity contribution is 7.89. The van der Waals surface area contributed by atoms with Crippen molar-refractivity contribution in [2.75, 3.05) is 18.5 Å². The molecule has 134 valence electrons. The number of sulfonamides is 1. The molecule has 0 aliphatic rings. The summed E-state index contributed by atoms with van der Waals surface area (Å²) in [4.78, 5) is 12.5. The van der Waals surface area contributed by atoms with Crippen molar-refractivity contribution < 1.29 is 17.9 Å². The second-order valence-corrected chi connectivity index (χ2v) is 7.09. The van der Waals surface area contributed by atoms with Crippen molar-refractivity contribution in [2.45, 2.75) is 25.2 Å². The smallest absolute Gasteiger partial charge is 0.255 e. The second kappa shape index (κ2) is 8.64. The molecule has 2 aromatic carbocycles. The summed E-state index contributed by atoms with van der Waals surface area (Å²) in [7, 11) is -3.61. The summed E-state index contributed by atoms with van der Waals surface area (Å²) in [5.41, 5.74) is 0.796. The standard InChI is InChI=1S/C18H22N2O4S/c1-3-12-24-17-11-6-5-10-16(17)20-18(21)14-8-7-9-15(13-14)25(22,23)19-4-2/h5-11,13,19H,3-4,12H2,1-2H3,(H,20,21). The lowest BCUT2D eigenvalue weighted by Crippen LogP contribution is -2.23. The summed E-state index contributed by atoms with van der Waals surface area (Å²) >= 11 is 0. The fourth-order valence-corrected chi connectivity index (χ4v) is 3.27. The van der Waals surface area contributed by atoms with Gasteiger partial charge >= 0.3 is 0 Å². The summed E-state index contributed by atoms with van der Waals surface area (Å²) in [5.74, 6) is 0.176. The normalized spacial score (nSPS) is 11.1. The molecule has 2 aromatic rings. The maximum absolute atomic E-state index is 12.5. The Balaban J connectivity index is 2.22. The first-order chi connectivity index (χ1) is 12.0. The Kier molecular flexibility index (Phi) is 6.55. The highest BCUT2D eigenvalue weighted by atomic mass is 32.2. The Labute approximate surface area is 148 Å². The monoisotopic (exact) mass is 362 g/mol. The van der Waals surface area contributed by atoms with E-state index in [-0.39, 0.29) is 17.0 Å². The van der Waals surface area contributed by atoms with Crippen LogP contribution in [0.25, 0.3) is 0 Å². The van der Waals surface area contributed by atoms with Crippen molar-refractivity contribution >= 4 is 21.6 Å². The van der Waals surface area contributed by atoms with Gasteiger partial charge in [-0.3, -0.25) is 4.79 Å². The van der Waals surface area contributed by atoms with E-state index in [1.54, 1.807) is 37.3 Å². The molecule has 0 spiro atoms. The molecule has 0 aliphatic carbocycles. The Bertz CT molecular complexity index is 834. The van der Waals surface area contributed by atoms with Gasteiger partial charge in [-0.05, 0) is 36.8 Å². The molecule has 0 saturated heterocycles. The zero-order valence-corrected chi connectivity index (χ0v) is 15.1. The van der Waals surface area contributed by atoms with Crippen LogP contribution in [0, 0.1) is 0 Å². The Morgan fingerprint density at radius 3 is 2.56 bits per heavy atom. The summed E-state index contributed by atoms with van der Waals surface area (Å²) in [6.45, 7) is 4.52. The third-order valence-corrected chi connectivity index (χ3v) is 4.88. The molecule has 0 radical (unpaired) electrons. The highest BCUT2D eigenvalue weighted by Crippen LogP contribution is 2.24. The number of nitrogens with one attached hydrogen (secondary N) is 2. The van der Waals surface area contributed by atoms with E-state index in [4.69, 9.17) is 4.74 Å². The SMILES string of the molecule is CCCOc1ccccc1NC(=O)c1cccc(S(=O)(=O)NCC)c1. The summed E-state index contributed by atoms with van der Waals surface area (Å²) in [6, 6.07) is 13.0. The number of rotatable bonds is 8. The van der Waals surface area contributed by atoms with Crippen LogP contribution in [0.5, 0.6) is 5.75 Å². The lowest BCUT2D eigenvalue weighted by molar-refractivity contribution is 0.102. The van der Waals surface area contributed by atoms with Crippen LogP contribution < -0.4 is 14.8 Å². The van der Waals surface area contributed by atoms with Crippen LogP contribution in [0.3, 0.4) is 0 Å². The number of carbonyl (C=O) groups excluding carboxylic acids is 1. The third-order valence-electron chi connectivity index (χ3n) is 3.34. The van der Waals surface area contributed by atoms with E-state index < -0.39 is 15.9 Å². The number of benzene rings is 2. The average molecular weight is 362 g/mol. The van der Waals surface area contributed by atoms with E-state index in [1.165, 1.54) is 12.1 Å². The summed E-state index contributed by atoms with van der Waals surface area (Å²) in [5, 5.41) is 2.77. The van der Waals surface area contributed by atoms with Gasteiger partial charge in [0.1, 0.15) is 5.75 Å². The Morgan fingerprint density at radius 1 is 1.08 bits per heavy atom. The number of para-hydroxylation sites is 2. The third kappa shape index (κ3) is 5.04. The van der Waals surface area contributed by atoms with Crippen molar-refractivity contribution in [3.63, 3.8) is 0 Å². The molecular weight excluding hydrogens is 340 g/mol. The van der Waals surface area contributed by atoms with Gasteiger partial charge in [-0.2, -0.15) is 0 Å². The van der Waals surface area contributed by atoms with Gasteiger partial charge in [0.25, 0.3) is 5.91 Å². The van der Waals surface area contributed by atoms with Gasteiger partial charge in [0.15, 0.2) is 0 Å². The average Bonchev–Trinajstić information content (AvgIpc) is 2.61. The van der Waals surface area contributed by atoms with Crippen LogP contribution in [-0.4, -0.2) is 27.5 Å². The molecule has 0 bridgehead atoms. The molecule has 25 heavy (non-hydrogen) atoms. The van der Waals surface area contributed by atoms with Gasteiger partial charge in [-0.25, -0.2) is 13.1 Å². The number of carbonyl (C=O) groups is 1. The van der Waals surface area contributed by atoms with Crippen molar-refractivity contribution in [2.24, 2.45) is 0 Å². The van der Waals surface area contributed by atoms with E-state index in [1.807, 2.05) is 13.0 Å². The molecule has 0 fully saturated rings. The first kappa shape index (κ1) is 19.0. The summed E-state index contributed by atoms with van der Waals surface area (Å²) in [6.07, 6.45) is 0.854. The maximum Gasteiger partial charge on any atom is 0.255 e. The van der Waals surface area contributed by atoms with Gasteiger partial charge in [-0.1, -0.05) is 32.0 Å². The fourth-order valence-electron chi connectivity index (χ4n) is 2.18. The van der Waals surface area contributed by atoms with Crippen molar-refractivity contribution in [1.82, 2.24) is 4.72 Å². The Morgan fingerprint density at radius 2 is 1.84 bits per heavy atom. The molecule has 0 atom stereocenters. The quantitative estimate of drug-likeness (QED) is 0.756. The molecule has 0 unspecified atom stereocenters. The number of hydrogen-bond acceptors (Lipinski definition) is 4. The molecule has 2 rings (SSSR count). The molecule has 0 aliphatic heterocycles. The first-order valence-corrected chi connectivity index (χ1v) is 9.59. The minimum atomic E-state index is -3.61. The molecule has 0 aromatic heterocycles. The second-order valence-electron chi connectivity index (χ2n) is 5.33. The van der Waals surface area contributed by atoms with Crippen LogP contribution in [0.4, 0.5) is 5.69 Å². The number of hydrogen-bond donors (Lipinski definition) is 2. The van der Waals surface area contributed by atoms with Crippen LogP contribution in [0.2, 0.25) is 0 Å². The number of anilines is 1. The molecule has 1 amide bonds. The van der Waals surface area contributed by atoms with E-state index in [9.17, 15) is 13.2 Å². The molecule has 6 nitrogen and oxygen atoms in total. The van der Waals surface area contributed by atoms with Gasteiger partial charge in [0, 0.05) is 12.1 Å². The lowest BCUT2D eigenvalue weighted by atomic mass is 10.2. The fraction of sp³-hybridized carbons (Fsp3) is 0.278. The topological polar surface area (TPSA) is 84.5 Å². The van der Waals surface area contributed by atoms with Crippen LogP contribution in [-0.2, 0) is 10.0 Å². The zero-order valence-electron chi connectivity index (χ0n) is 14.3. The van der Waals surface area contributed by atoms with E-state index in [0.29, 0.717) is 18.0 Å². The number of ether oxygens (including phenoxy) is 1. The van der Waals surface area contributed by atoms with Gasteiger partial charge in [0.05, 0.1) is 17.2 Å². The molecule has 2 N–H and O–H groups in total. The molecule has 0 heterocycles. The first-order valence-electron chi connectivity index (χ1n) is 8.10. The molecule has 0 saturated carbocycles. The van der Waals surface area contributed by atoms with Crippen molar-refractivity contribution in [3.8, 4) is 5.75 Å². The maximum atomic E-state index is 12.5. The largest absolute Gasteiger partial charge is 0.491 e. The van der Waals surface area contributed by atoms with Gasteiger partial charge in [0.2, 0.25) is 10.0 Å². The van der Waals surface area contributed by atoms with E-state index in [2.05, 4.69) is 10.0 Å². The summed E-state index contributed by atoms with van der Waals surface area (Å²) < 4.78 is 32.2. The Hall–Kier alpha value is -2.38. The highest BCUT2D eigenvalue weighted by Gasteiger charge is 2.16. The van der Waals surface area contributed by atoms with Gasteiger partial charge < -0.3 is 10.1 Å². The van der Waals surface area contributed by atoms with Crippen molar-refractivity contribution in [1.29, 1.82) is 0 Å². The van der Waals surface area contributed by atoms with E-state index >= 15 is 0 Å². The zero-order chi connectivity index (χ0) is 18.3. The minimum Gasteiger partial charge on any atom is -0.491 e. The van der Waals surface area contributed by atoms with Crippen LogP contribution in [0.1, 0.15) is 30.6 Å². The van der Waals surface area contributed by atoms with Crippen LogP contribution in [0.15, 0.2) is 53.4 Å². The molecule has 7 heteroatoms. The van der Waals surface area contributed by atoms with Crippen molar-refractivity contribution in [3.05, 3.63) is 54.1 Å². The lowest BCUT2D eigenvalue weighted by Gasteiger charge is -2.12.